The highest BCUT2D eigenvalue weighted by Gasteiger charge is 2.52. The van der Waals surface area contributed by atoms with Crippen molar-refractivity contribution in [3.05, 3.63) is 35.9 Å². The maximum atomic E-state index is 12.9. The number of methoxy groups -OCH3 is 1. The van der Waals surface area contributed by atoms with E-state index in [1.54, 1.807) is 12.7 Å². The minimum absolute atomic E-state index is 0.0223. The van der Waals surface area contributed by atoms with Crippen LogP contribution in [-0.2, 0) is 9.53 Å². The van der Waals surface area contributed by atoms with Gasteiger partial charge in [0.2, 0.25) is 0 Å². The van der Waals surface area contributed by atoms with E-state index >= 15 is 0 Å². The Morgan fingerprint density at radius 2 is 1.97 bits per heavy atom. The number of carbonyl (C=O) groups is 1. The molecule has 0 amide bonds. The third-order valence-electron chi connectivity index (χ3n) is 8.65. The molecular weight excluding hydrogens is 400 g/mol. The molecule has 2 aliphatic heterocycles. The Hall–Kier alpha value is -2.01. The van der Waals surface area contributed by atoms with Crippen LogP contribution in [0.3, 0.4) is 0 Å². The van der Waals surface area contributed by atoms with Crippen molar-refractivity contribution >= 4 is 11.7 Å². The highest BCUT2D eigenvalue weighted by Crippen LogP contribution is 2.54. The van der Waals surface area contributed by atoms with Crippen molar-refractivity contribution in [2.24, 2.45) is 23.2 Å². The van der Waals surface area contributed by atoms with E-state index in [-0.39, 0.29) is 29.3 Å². The van der Waals surface area contributed by atoms with E-state index in [1.807, 2.05) is 12.1 Å². The van der Waals surface area contributed by atoms with Crippen molar-refractivity contribution in [2.75, 3.05) is 38.2 Å². The molecule has 0 bridgehead atoms. The molecule has 2 heterocycles. The molecule has 0 aromatic heterocycles. The Morgan fingerprint density at radius 3 is 2.69 bits per heavy atom. The number of rotatable bonds is 4. The molecule has 1 saturated carbocycles. The number of allylic oxidation sites excluding steroid dienone is 1. The number of fused-ring (bicyclic) bond motifs is 2. The van der Waals surface area contributed by atoms with Crippen molar-refractivity contribution in [2.45, 2.75) is 58.6 Å². The zero-order chi connectivity index (χ0) is 22.5. The molecule has 0 N–H and O–H groups in total. The van der Waals surface area contributed by atoms with Crippen molar-refractivity contribution in [3.8, 4) is 5.75 Å². The Bertz CT molecular complexity index is 881. The molecule has 6 unspecified atom stereocenters. The van der Waals surface area contributed by atoms with E-state index in [1.165, 1.54) is 24.9 Å². The van der Waals surface area contributed by atoms with E-state index in [9.17, 15) is 4.79 Å². The van der Waals surface area contributed by atoms with Gasteiger partial charge in [0.25, 0.3) is 0 Å². The summed E-state index contributed by atoms with van der Waals surface area (Å²) in [6, 6.07) is 8.73. The number of ether oxygens (including phenoxy) is 2. The Balaban J connectivity index is 1.27. The van der Waals surface area contributed by atoms with Gasteiger partial charge in [0.1, 0.15) is 11.9 Å². The van der Waals surface area contributed by atoms with E-state index < -0.39 is 0 Å². The summed E-state index contributed by atoms with van der Waals surface area (Å²) in [5.74, 6) is 1.78. The predicted octanol–water partition coefficient (Wildman–Crippen LogP) is 4.52. The lowest BCUT2D eigenvalue weighted by molar-refractivity contribution is -0.145. The van der Waals surface area contributed by atoms with Gasteiger partial charge in [-0.15, -0.1) is 0 Å². The lowest BCUT2D eigenvalue weighted by Gasteiger charge is -2.46. The van der Waals surface area contributed by atoms with Gasteiger partial charge in [0, 0.05) is 43.8 Å². The van der Waals surface area contributed by atoms with Crippen LogP contribution in [-0.4, -0.2) is 56.3 Å². The highest BCUT2D eigenvalue weighted by molar-refractivity contribution is 5.76. The van der Waals surface area contributed by atoms with E-state index in [2.05, 4.69) is 48.8 Å². The largest absolute Gasteiger partial charge is 0.497 e. The third kappa shape index (κ3) is 3.83. The van der Waals surface area contributed by atoms with Crippen molar-refractivity contribution in [3.63, 3.8) is 0 Å². The molecule has 1 aromatic carbocycles. The van der Waals surface area contributed by atoms with Crippen LogP contribution in [0.25, 0.3) is 0 Å². The average molecular weight is 439 g/mol. The first-order chi connectivity index (χ1) is 15.4. The number of esters is 1. The molecule has 5 nitrogen and oxygen atoms in total. The molecule has 3 fully saturated rings. The summed E-state index contributed by atoms with van der Waals surface area (Å²) in [5.41, 5.74) is 3.07. The quantitative estimate of drug-likeness (QED) is 0.511. The average Bonchev–Trinajstić information content (AvgIpc) is 3.06. The van der Waals surface area contributed by atoms with Gasteiger partial charge < -0.3 is 14.4 Å². The minimum atomic E-state index is -0.0223. The Morgan fingerprint density at radius 1 is 1.19 bits per heavy atom. The molecular formula is C27H38N2O3. The molecule has 2 aliphatic carbocycles. The topological polar surface area (TPSA) is 42.0 Å². The summed E-state index contributed by atoms with van der Waals surface area (Å²) in [6.07, 6.45) is 7.37. The van der Waals surface area contributed by atoms with E-state index in [0.717, 1.165) is 38.3 Å². The summed E-state index contributed by atoms with van der Waals surface area (Å²) < 4.78 is 11.3. The fourth-order valence-electron chi connectivity index (χ4n) is 6.89. The number of carbonyl (C=O) groups excluding carboxylic acids is 1. The summed E-state index contributed by atoms with van der Waals surface area (Å²) in [4.78, 5) is 17.9. The van der Waals surface area contributed by atoms with E-state index in [0.29, 0.717) is 12.0 Å². The van der Waals surface area contributed by atoms with Crippen molar-refractivity contribution in [1.29, 1.82) is 0 Å². The molecule has 4 aliphatic rings. The molecule has 6 atom stereocenters. The van der Waals surface area contributed by atoms with Gasteiger partial charge in [-0.25, -0.2) is 0 Å². The summed E-state index contributed by atoms with van der Waals surface area (Å²) >= 11 is 0. The van der Waals surface area contributed by atoms with Gasteiger partial charge in [-0.3, -0.25) is 9.69 Å². The fraction of sp³-hybridized carbons (Fsp3) is 0.667. The number of benzene rings is 1. The summed E-state index contributed by atoms with van der Waals surface area (Å²) in [6.45, 7) is 10.8. The Labute approximate surface area is 192 Å². The first-order valence-electron chi connectivity index (χ1n) is 12.4. The molecule has 0 radical (unpaired) electrons. The molecule has 0 spiro atoms. The number of piperazine rings is 1. The van der Waals surface area contributed by atoms with Gasteiger partial charge in [0.15, 0.2) is 0 Å². The fourth-order valence-corrected chi connectivity index (χ4v) is 6.89. The number of hydrogen-bond donors (Lipinski definition) is 0. The first-order valence-corrected chi connectivity index (χ1v) is 12.4. The van der Waals surface area contributed by atoms with Gasteiger partial charge in [0.05, 0.1) is 13.0 Å². The van der Waals surface area contributed by atoms with Crippen LogP contribution in [0.1, 0.15) is 46.5 Å². The number of hydrogen-bond acceptors (Lipinski definition) is 5. The second-order valence-electron chi connectivity index (χ2n) is 10.8. The standard InChI is InChI=1S/C27H38N2O3/c1-18-6-5-11-27(3)15-25-22(14-24(18)27)23(26(30)32-25)17-28-12-13-29(19(2)16-28)20-7-9-21(31-4)10-8-20/h7-10,14,18-19,22-23,25H,5-6,11-13,15-17H2,1-4H3. The molecule has 5 rings (SSSR count). The van der Waals surface area contributed by atoms with Crippen molar-refractivity contribution < 1.29 is 14.3 Å². The van der Waals surface area contributed by atoms with Gasteiger partial charge in [-0.05, 0) is 61.8 Å². The van der Waals surface area contributed by atoms with Crippen LogP contribution >= 0.6 is 0 Å². The maximum absolute atomic E-state index is 12.9. The number of nitrogens with zero attached hydrogens (tertiary/aromatic N) is 2. The molecule has 1 aromatic rings. The third-order valence-corrected chi connectivity index (χ3v) is 8.65. The van der Waals surface area contributed by atoms with Gasteiger partial charge in [-0.1, -0.05) is 31.9 Å². The lowest BCUT2D eigenvalue weighted by atomic mass is 9.59. The van der Waals surface area contributed by atoms with Crippen LogP contribution in [0.5, 0.6) is 5.75 Å². The molecule has 32 heavy (non-hydrogen) atoms. The van der Waals surface area contributed by atoms with Crippen molar-refractivity contribution in [1.82, 2.24) is 4.90 Å². The zero-order valence-corrected chi connectivity index (χ0v) is 20.0. The second-order valence-corrected chi connectivity index (χ2v) is 10.8. The van der Waals surface area contributed by atoms with Crippen LogP contribution in [0, 0.1) is 23.2 Å². The summed E-state index contributed by atoms with van der Waals surface area (Å²) in [7, 11) is 1.70. The Kier molecular flexibility index (Phi) is 5.73. The molecule has 5 heteroatoms. The smallest absolute Gasteiger partial charge is 0.311 e. The summed E-state index contributed by atoms with van der Waals surface area (Å²) in [5, 5.41) is 0. The zero-order valence-electron chi connectivity index (χ0n) is 20.0. The molecule has 174 valence electrons. The lowest BCUT2D eigenvalue weighted by Crippen LogP contribution is -2.53. The van der Waals surface area contributed by atoms with Crippen LogP contribution in [0.2, 0.25) is 0 Å². The van der Waals surface area contributed by atoms with Crippen LogP contribution < -0.4 is 9.64 Å². The molecule has 2 saturated heterocycles. The van der Waals surface area contributed by atoms with Gasteiger partial charge >= 0.3 is 5.97 Å². The van der Waals surface area contributed by atoms with Gasteiger partial charge in [-0.2, -0.15) is 0 Å². The minimum Gasteiger partial charge on any atom is -0.497 e. The SMILES string of the molecule is COc1ccc(N2CCN(CC3C(=O)OC4CC5(C)CCCC(C)C5=CC43)CC2C)cc1. The predicted molar refractivity (Wildman–Crippen MR) is 127 cm³/mol. The monoisotopic (exact) mass is 438 g/mol. The van der Waals surface area contributed by atoms with E-state index in [4.69, 9.17) is 9.47 Å². The number of anilines is 1. The van der Waals surface area contributed by atoms with Crippen LogP contribution in [0.4, 0.5) is 5.69 Å². The van der Waals surface area contributed by atoms with Crippen LogP contribution in [0.15, 0.2) is 35.9 Å². The first kappa shape index (κ1) is 21.8. The maximum Gasteiger partial charge on any atom is 0.311 e. The normalized spacial score (nSPS) is 37.4. The highest BCUT2D eigenvalue weighted by atomic mass is 16.6. The second kappa shape index (κ2) is 8.40.